The van der Waals surface area contributed by atoms with Gasteiger partial charge in [-0.15, -0.1) is 11.3 Å². The molecule has 9 nitrogen and oxygen atoms in total. The Morgan fingerprint density at radius 2 is 1.88 bits per heavy atom. The van der Waals surface area contributed by atoms with Gasteiger partial charge in [-0.3, -0.25) is 14.2 Å². The zero-order valence-electron chi connectivity index (χ0n) is 18.1. The highest BCUT2D eigenvalue weighted by Gasteiger charge is 2.19. The minimum atomic E-state index is -0.378. The molecule has 0 aliphatic carbocycles. The molecule has 0 bridgehead atoms. The van der Waals surface area contributed by atoms with Gasteiger partial charge < -0.3 is 19.5 Å². The normalized spacial score (nSPS) is 11.0. The monoisotopic (exact) mass is 454 g/mol. The molecule has 10 heteroatoms. The van der Waals surface area contributed by atoms with E-state index in [1.54, 1.807) is 18.3 Å². The van der Waals surface area contributed by atoms with Gasteiger partial charge in [0.15, 0.2) is 11.5 Å². The van der Waals surface area contributed by atoms with Crippen molar-refractivity contribution in [2.24, 2.45) is 0 Å². The number of nitrogens with zero attached hydrogens (tertiary/aromatic N) is 3. The van der Waals surface area contributed by atoms with E-state index < -0.39 is 0 Å². The van der Waals surface area contributed by atoms with E-state index >= 15 is 0 Å². The highest BCUT2D eigenvalue weighted by atomic mass is 32.1. The van der Waals surface area contributed by atoms with E-state index in [0.717, 1.165) is 10.2 Å². The SMILES string of the molecule is CCc1nc2c(sc3ncccc32)c(=O)n1CC(=O)Nc1cc(OC)c(OC)c(OC)c1. The average molecular weight is 455 g/mol. The van der Waals surface area contributed by atoms with Gasteiger partial charge in [-0.05, 0) is 12.1 Å². The predicted molar refractivity (Wildman–Crippen MR) is 123 cm³/mol. The third-order valence-electron chi connectivity index (χ3n) is 5.00. The van der Waals surface area contributed by atoms with Crippen LogP contribution in [0.25, 0.3) is 20.4 Å². The fourth-order valence-electron chi connectivity index (χ4n) is 3.54. The number of hydrogen-bond acceptors (Lipinski definition) is 8. The van der Waals surface area contributed by atoms with Gasteiger partial charge in [0.25, 0.3) is 5.56 Å². The first kappa shape index (κ1) is 21.6. The van der Waals surface area contributed by atoms with Gasteiger partial charge in [0.2, 0.25) is 11.7 Å². The topological polar surface area (TPSA) is 105 Å². The molecule has 0 radical (unpaired) electrons. The lowest BCUT2D eigenvalue weighted by Gasteiger charge is -2.15. The summed E-state index contributed by atoms with van der Waals surface area (Å²) in [5.41, 5.74) is 0.826. The molecule has 166 valence electrons. The fourth-order valence-corrected chi connectivity index (χ4v) is 4.57. The molecule has 3 aromatic heterocycles. The van der Waals surface area contributed by atoms with Crippen molar-refractivity contribution in [2.45, 2.75) is 19.9 Å². The third kappa shape index (κ3) is 3.73. The second-order valence-electron chi connectivity index (χ2n) is 6.87. The number of fused-ring (bicyclic) bond motifs is 3. The van der Waals surface area contributed by atoms with Crippen molar-refractivity contribution in [3.05, 3.63) is 46.6 Å². The minimum absolute atomic E-state index is 0.177. The van der Waals surface area contributed by atoms with Gasteiger partial charge in [-0.2, -0.15) is 0 Å². The number of benzene rings is 1. The molecule has 4 rings (SSSR count). The second kappa shape index (κ2) is 8.83. The maximum atomic E-state index is 13.2. The van der Waals surface area contributed by atoms with Crippen LogP contribution in [-0.2, 0) is 17.8 Å². The van der Waals surface area contributed by atoms with E-state index in [1.165, 1.54) is 37.2 Å². The number of carbonyl (C=O) groups excluding carboxylic acids is 1. The van der Waals surface area contributed by atoms with Crippen LogP contribution >= 0.6 is 11.3 Å². The van der Waals surface area contributed by atoms with Crippen molar-refractivity contribution in [2.75, 3.05) is 26.6 Å². The number of thiophene rings is 1. The van der Waals surface area contributed by atoms with Crippen molar-refractivity contribution in [3.8, 4) is 17.2 Å². The minimum Gasteiger partial charge on any atom is -0.493 e. The predicted octanol–water partition coefficient (Wildman–Crippen LogP) is 3.23. The number of aryl methyl sites for hydroxylation is 1. The number of rotatable bonds is 7. The molecule has 1 aromatic carbocycles. The number of pyridine rings is 1. The summed E-state index contributed by atoms with van der Waals surface area (Å²) in [6.07, 6.45) is 2.18. The number of aromatic nitrogens is 3. The molecular formula is C22H22N4O5S. The molecule has 1 amide bonds. The Hall–Kier alpha value is -3.66. The molecule has 0 aliphatic rings. The first-order valence-corrected chi connectivity index (χ1v) is 10.7. The maximum absolute atomic E-state index is 13.2. The van der Waals surface area contributed by atoms with Crippen LogP contribution in [0.2, 0.25) is 0 Å². The van der Waals surface area contributed by atoms with Crippen LogP contribution < -0.4 is 25.1 Å². The van der Waals surface area contributed by atoms with Crippen LogP contribution in [-0.4, -0.2) is 41.8 Å². The summed E-state index contributed by atoms with van der Waals surface area (Å²) in [6, 6.07) is 6.97. The van der Waals surface area contributed by atoms with E-state index in [9.17, 15) is 9.59 Å². The molecule has 32 heavy (non-hydrogen) atoms. The van der Waals surface area contributed by atoms with Gasteiger partial charge in [-0.25, -0.2) is 9.97 Å². The van der Waals surface area contributed by atoms with Crippen molar-refractivity contribution in [1.82, 2.24) is 14.5 Å². The van der Waals surface area contributed by atoms with Crippen LogP contribution in [0.1, 0.15) is 12.7 Å². The Balaban J connectivity index is 1.69. The maximum Gasteiger partial charge on any atom is 0.272 e. The highest BCUT2D eigenvalue weighted by molar-refractivity contribution is 7.25. The van der Waals surface area contributed by atoms with Crippen LogP contribution in [0.15, 0.2) is 35.3 Å². The molecule has 0 spiro atoms. The number of methoxy groups -OCH3 is 3. The van der Waals surface area contributed by atoms with Crippen LogP contribution in [0.5, 0.6) is 17.2 Å². The highest BCUT2D eigenvalue weighted by Crippen LogP contribution is 2.40. The number of ether oxygens (including phenoxy) is 3. The Kier molecular flexibility index (Phi) is 5.95. The fraction of sp³-hybridized carbons (Fsp3) is 0.273. The van der Waals surface area contributed by atoms with Crippen LogP contribution in [0, 0.1) is 0 Å². The lowest BCUT2D eigenvalue weighted by atomic mass is 10.2. The van der Waals surface area contributed by atoms with Crippen LogP contribution in [0.4, 0.5) is 5.69 Å². The van der Waals surface area contributed by atoms with E-state index in [-0.39, 0.29) is 18.0 Å². The molecular weight excluding hydrogens is 432 g/mol. The summed E-state index contributed by atoms with van der Waals surface area (Å²) >= 11 is 1.28. The molecule has 0 unspecified atom stereocenters. The van der Waals surface area contributed by atoms with Crippen molar-refractivity contribution >= 4 is 43.4 Å². The smallest absolute Gasteiger partial charge is 0.272 e. The lowest BCUT2D eigenvalue weighted by Crippen LogP contribution is -2.30. The average Bonchev–Trinajstić information content (AvgIpc) is 3.18. The molecule has 0 aliphatic heterocycles. The van der Waals surface area contributed by atoms with Crippen molar-refractivity contribution < 1.29 is 19.0 Å². The molecule has 0 atom stereocenters. The summed E-state index contributed by atoms with van der Waals surface area (Å²) in [5, 5.41) is 3.63. The summed E-state index contributed by atoms with van der Waals surface area (Å²) in [4.78, 5) is 35.8. The van der Waals surface area contributed by atoms with E-state index in [0.29, 0.717) is 45.4 Å². The number of hydrogen-bond donors (Lipinski definition) is 1. The number of anilines is 1. The molecule has 3 heterocycles. The standard InChI is InChI=1S/C22H22N4O5S/c1-5-16-25-18-13-7-6-8-23-21(13)32-20(18)22(28)26(16)11-17(27)24-12-9-14(29-2)19(31-4)15(10-12)30-3/h6-10H,5,11H2,1-4H3,(H,24,27). The zero-order chi connectivity index (χ0) is 22.8. The Labute approximate surface area is 187 Å². The largest absolute Gasteiger partial charge is 0.493 e. The number of amides is 1. The first-order valence-electron chi connectivity index (χ1n) is 9.87. The quantitative estimate of drug-likeness (QED) is 0.457. The Morgan fingerprint density at radius 1 is 1.16 bits per heavy atom. The van der Waals surface area contributed by atoms with Gasteiger partial charge in [-0.1, -0.05) is 6.92 Å². The lowest BCUT2D eigenvalue weighted by molar-refractivity contribution is -0.116. The second-order valence-corrected chi connectivity index (χ2v) is 7.87. The van der Waals surface area contributed by atoms with Gasteiger partial charge in [0.05, 0.1) is 26.8 Å². The van der Waals surface area contributed by atoms with Crippen molar-refractivity contribution in [3.63, 3.8) is 0 Å². The van der Waals surface area contributed by atoms with Crippen molar-refractivity contribution in [1.29, 1.82) is 0 Å². The van der Waals surface area contributed by atoms with Gasteiger partial charge in [0.1, 0.15) is 21.9 Å². The molecule has 4 aromatic rings. The Morgan fingerprint density at radius 3 is 2.50 bits per heavy atom. The first-order chi connectivity index (χ1) is 15.5. The molecule has 1 N–H and O–H groups in total. The molecule has 0 fully saturated rings. The summed E-state index contributed by atoms with van der Waals surface area (Å²) in [6.45, 7) is 1.72. The van der Waals surface area contributed by atoms with E-state index in [1.807, 2.05) is 19.1 Å². The van der Waals surface area contributed by atoms with Crippen LogP contribution in [0.3, 0.4) is 0 Å². The van der Waals surface area contributed by atoms with Gasteiger partial charge >= 0.3 is 0 Å². The van der Waals surface area contributed by atoms with Gasteiger partial charge in [0, 0.05) is 35.8 Å². The number of nitrogens with one attached hydrogen (secondary N) is 1. The third-order valence-corrected chi connectivity index (χ3v) is 6.09. The van der Waals surface area contributed by atoms with E-state index in [4.69, 9.17) is 14.2 Å². The summed E-state index contributed by atoms with van der Waals surface area (Å²) in [7, 11) is 4.50. The number of carbonyl (C=O) groups is 1. The van der Waals surface area contributed by atoms with E-state index in [2.05, 4.69) is 15.3 Å². The molecule has 0 saturated heterocycles. The summed E-state index contributed by atoms with van der Waals surface area (Å²) < 4.78 is 17.8. The summed E-state index contributed by atoms with van der Waals surface area (Å²) in [5.74, 6) is 1.40. The molecule has 0 saturated carbocycles. The Bertz CT molecular complexity index is 1350. The zero-order valence-corrected chi connectivity index (χ0v) is 18.9.